The van der Waals surface area contributed by atoms with Crippen LogP contribution in [0.25, 0.3) is 16.5 Å². The Hall–Kier alpha value is -3.87. The zero-order valence-corrected chi connectivity index (χ0v) is 19.4. The summed E-state index contributed by atoms with van der Waals surface area (Å²) in [6, 6.07) is 6.03. The van der Waals surface area contributed by atoms with Crippen LogP contribution < -0.4 is 15.2 Å². The molecule has 1 atom stereocenters. The van der Waals surface area contributed by atoms with Gasteiger partial charge in [0.05, 0.1) is 16.8 Å². The molecule has 0 aliphatic rings. The van der Waals surface area contributed by atoms with E-state index in [4.69, 9.17) is 9.47 Å². The van der Waals surface area contributed by atoms with E-state index in [2.05, 4.69) is 15.2 Å². The number of pyridine rings is 1. The highest BCUT2D eigenvalue weighted by Crippen LogP contribution is 2.38. The fourth-order valence-corrected chi connectivity index (χ4v) is 3.60. The fraction of sp³-hybridized carbons (Fsp3) is 0.364. The summed E-state index contributed by atoms with van der Waals surface area (Å²) >= 11 is 0. The van der Waals surface area contributed by atoms with E-state index < -0.39 is 24.6 Å². The van der Waals surface area contributed by atoms with Gasteiger partial charge in [-0.3, -0.25) is 4.57 Å². The molecule has 1 unspecified atom stereocenters. The molecule has 4 rings (SSSR count). The lowest BCUT2D eigenvalue weighted by atomic mass is 10.1. The summed E-state index contributed by atoms with van der Waals surface area (Å²) in [6.45, 7) is 4.12. The van der Waals surface area contributed by atoms with E-state index in [1.807, 2.05) is 0 Å². The molecule has 0 amide bonds. The molecule has 35 heavy (non-hydrogen) atoms. The topological polar surface area (TPSA) is 109 Å². The first-order valence-corrected chi connectivity index (χ1v) is 10.7. The summed E-state index contributed by atoms with van der Waals surface area (Å²) in [5.74, 6) is 0.248. The van der Waals surface area contributed by atoms with E-state index in [0.29, 0.717) is 17.0 Å². The zero-order chi connectivity index (χ0) is 25.5. The maximum Gasteiger partial charge on any atom is 0.425 e. The summed E-state index contributed by atoms with van der Waals surface area (Å²) in [6.07, 6.45) is -5.38. The predicted octanol–water partition coefficient (Wildman–Crippen LogP) is 3.26. The lowest BCUT2D eigenvalue weighted by Gasteiger charge is -2.20. The van der Waals surface area contributed by atoms with Gasteiger partial charge in [-0.1, -0.05) is 0 Å². The molecule has 0 spiro atoms. The molecule has 0 bridgehead atoms. The molecule has 3 aromatic heterocycles. The van der Waals surface area contributed by atoms with Crippen LogP contribution in [-0.2, 0) is 20.2 Å². The predicted molar refractivity (Wildman–Crippen MR) is 119 cm³/mol. The van der Waals surface area contributed by atoms with Crippen LogP contribution in [0.1, 0.15) is 25.4 Å². The summed E-state index contributed by atoms with van der Waals surface area (Å²) in [4.78, 5) is 17.0. The second-order valence-electron chi connectivity index (χ2n) is 7.82. The highest BCUT2D eigenvalue weighted by Gasteiger charge is 2.38. The smallest absolute Gasteiger partial charge is 0.425 e. The van der Waals surface area contributed by atoms with Gasteiger partial charge in [0, 0.05) is 31.9 Å². The Morgan fingerprint density at radius 1 is 1.20 bits per heavy atom. The Balaban J connectivity index is 1.93. The Kier molecular flexibility index (Phi) is 6.28. The second-order valence-corrected chi connectivity index (χ2v) is 7.82. The monoisotopic (exact) mass is 492 g/mol. The summed E-state index contributed by atoms with van der Waals surface area (Å²) in [5, 5.41) is 18.5. The van der Waals surface area contributed by atoms with Gasteiger partial charge < -0.3 is 14.6 Å². The number of benzene rings is 1. The number of rotatable bonds is 7. The van der Waals surface area contributed by atoms with Crippen molar-refractivity contribution in [3.63, 3.8) is 0 Å². The first-order valence-electron chi connectivity index (χ1n) is 10.7. The number of fused-ring (bicyclic) bond motifs is 1. The van der Waals surface area contributed by atoms with Crippen molar-refractivity contribution in [1.82, 2.24) is 29.1 Å². The van der Waals surface area contributed by atoms with Crippen LogP contribution in [-0.4, -0.2) is 46.5 Å². The Morgan fingerprint density at radius 3 is 2.51 bits per heavy atom. The molecular weight excluding hydrogens is 469 g/mol. The molecule has 13 heteroatoms. The maximum atomic E-state index is 13.4. The van der Waals surface area contributed by atoms with Crippen LogP contribution in [0.5, 0.6) is 17.5 Å². The summed E-state index contributed by atoms with van der Waals surface area (Å²) in [7, 11) is 1.66. The van der Waals surface area contributed by atoms with Crippen molar-refractivity contribution in [2.24, 2.45) is 7.05 Å². The van der Waals surface area contributed by atoms with Crippen LogP contribution in [0, 0.1) is 6.92 Å². The minimum atomic E-state index is -4.64. The van der Waals surface area contributed by atoms with Gasteiger partial charge in [0.25, 0.3) is 0 Å². The largest absolute Gasteiger partial charge is 0.480 e. The van der Waals surface area contributed by atoms with E-state index in [-0.39, 0.29) is 35.1 Å². The minimum absolute atomic E-state index is 0.00362. The van der Waals surface area contributed by atoms with E-state index in [1.54, 1.807) is 39.1 Å². The van der Waals surface area contributed by atoms with E-state index in [0.717, 1.165) is 11.6 Å². The van der Waals surface area contributed by atoms with Crippen LogP contribution >= 0.6 is 0 Å². The van der Waals surface area contributed by atoms with Gasteiger partial charge in [0.15, 0.2) is 11.9 Å². The number of nitrogens with zero attached hydrogens (tertiary/aromatic N) is 6. The molecule has 10 nitrogen and oxygen atoms in total. The molecule has 0 saturated carbocycles. The van der Waals surface area contributed by atoms with E-state index in [1.165, 1.54) is 21.5 Å². The number of hydrogen-bond acceptors (Lipinski definition) is 7. The van der Waals surface area contributed by atoms with Crippen molar-refractivity contribution in [3.8, 4) is 23.2 Å². The normalized spacial score (nSPS) is 12.8. The molecular formula is C22H23F3N6O4. The highest BCUT2D eigenvalue weighted by molar-refractivity contribution is 5.94. The quantitative estimate of drug-likeness (QED) is 0.422. The average molecular weight is 492 g/mol. The number of ether oxygens (including phenoxy) is 2. The minimum Gasteiger partial charge on any atom is -0.480 e. The van der Waals surface area contributed by atoms with E-state index in [9.17, 15) is 23.1 Å². The molecule has 186 valence electrons. The van der Waals surface area contributed by atoms with Gasteiger partial charge in [0.1, 0.15) is 12.4 Å². The highest BCUT2D eigenvalue weighted by atomic mass is 19.4. The number of alkyl halides is 3. The molecule has 0 radical (unpaired) electrons. The van der Waals surface area contributed by atoms with Gasteiger partial charge in [-0.2, -0.15) is 23.0 Å². The number of aromatic nitrogens is 6. The molecule has 0 aliphatic carbocycles. The lowest BCUT2D eigenvalue weighted by Crippen LogP contribution is -2.31. The van der Waals surface area contributed by atoms with Crippen molar-refractivity contribution >= 4 is 10.8 Å². The molecule has 1 aromatic carbocycles. The van der Waals surface area contributed by atoms with Crippen LogP contribution in [0.2, 0.25) is 0 Å². The molecule has 0 fully saturated rings. The number of halogens is 3. The van der Waals surface area contributed by atoms with Gasteiger partial charge in [-0.15, -0.1) is 5.10 Å². The number of aliphatic hydroxyl groups is 1. The van der Waals surface area contributed by atoms with Crippen LogP contribution in [0.3, 0.4) is 0 Å². The van der Waals surface area contributed by atoms with Crippen LogP contribution in [0.4, 0.5) is 13.2 Å². The SMILES string of the molecule is CCn1c(CO)nn(-c2cc(OC(C)C(F)(F)F)c3c(Oc4cc(C)nn4C)nccc3c2)c1=O. The van der Waals surface area contributed by atoms with Crippen LogP contribution in [0.15, 0.2) is 35.3 Å². The maximum absolute atomic E-state index is 13.4. The van der Waals surface area contributed by atoms with Crippen molar-refractivity contribution in [2.75, 3.05) is 0 Å². The molecule has 1 N–H and O–H groups in total. The third kappa shape index (κ3) is 4.58. The first kappa shape index (κ1) is 24.3. The number of aliphatic hydroxyl groups excluding tert-OH is 1. The molecule has 0 saturated heterocycles. The standard InChI is InChI=1S/C22H23F3N6O4/c1-5-30-17(11-32)28-31(21(30)33)15-9-14-6-7-26-20(35-18-8-12(2)27-29(18)4)19(14)16(10-15)34-13(3)22(23,24)25/h6-10,13,32H,5,11H2,1-4H3. The zero-order valence-electron chi connectivity index (χ0n) is 19.4. The number of hydrogen-bond donors (Lipinski definition) is 1. The Labute approximate surface area is 197 Å². The molecule has 4 aromatic rings. The second kappa shape index (κ2) is 9.06. The van der Waals surface area contributed by atoms with Gasteiger partial charge in [-0.05, 0) is 38.3 Å². The van der Waals surface area contributed by atoms with Gasteiger partial charge in [-0.25, -0.2) is 14.5 Å². The molecule has 0 aliphatic heterocycles. The van der Waals surface area contributed by atoms with Crippen molar-refractivity contribution in [3.05, 3.63) is 52.5 Å². The lowest BCUT2D eigenvalue weighted by molar-refractivity contribution is -0.189. The molecule has 3 heterocycles. The Bertz CT molecular complexity index is 1440. The first-order chi connectivity index (χ1) is 16.5. The number of aryl methyl sites for hydroxylation is 2. The third-order valence-electron chi connectivity index (χ3n) is 5.34. The summed E-state index contributed by atoms with van der Waals surface area (Å²) < 4.78 is 55.1. The van der Waals surface area contributed by atoms with E-state index >= 15 is 0 Å². The van der Waals surface area contributed by atoms with Gasteiger partial charge >= 0.3 is 11.9 Å². The summed E-state index contributed by atoms with van der Waals surface area (Å²) in [5.41, 5.74) is 0.279. The van der Waals surface area contributed by atoms with Crippen molar-refractivity contribution in [1.29, 1.82) is 0 Å². The van der Waals surface area contributed by atoms with Crippen molar-refractivity contribution in [2.45, 2.75) is 46.2 Å². The van der Waals surface area contributed by atoms with Crippen molar-refractivity contribution < 1.29 is 27.8 Å². The fourth-order valence-electron chi connectivity index (χ4n) is 3.60. The average Bonchev–Trinajstić information content (AvgIpc) is 3.29. The Morgan fingerprint density at radius 2 is 1.94 bits per heavy atom. The van der Waals surface area contributed by atoms with Gasteiger partial charge in [0.2, 0.25) is 11.8 Å². The third-order valence-corrected chi connectivity index (χ3v) is 5.34.